The Morgan fingerprint density at radius 3 is 2.70 bits per heavy atom. The molecular weight excluding hydrogens is 363 g/mol. The van der Waals surface area contributed by atoms with Crippen molar-refractivity contribution in [3.8, 4) is 0 Å². The first kappa shape index (κ1) is 15.1. The van der Waals surface area contributed by atoms with Gasteiger partial charge < -0.3 is 11.1 Å². The smallest absolute Gasteiger partial charge is 0.265 e. The molecule has 1 heterocycles. The topological polar surface area (TPSA) is 55.1 Å². The number of amides is 1. The average Bonchev–Trinajstić information content (AvgIpc) is 2.72. The first-order valence-corrected chi connectivity index (χ1v) is 7.57. The zero-order valence-electron chi connectivity index (χ0n) is 10.4. The first-order valence-electron chi connectivity index (χ1n) is 5.55. The Morgan fingerprint density at radius 2 is 2.15 bits per heavy atom. The van der Waals surface area contributed by atoms with E-state index in [1.54, 1.807) is 6.07 Å². The molecule has 1 aromatic heterocycles. The predicted octanol–water partition coefficient (Wildman–Crippen LogP) is 3.84. The van der Waals surface area contributed by atoms with E-state index >= 15 is 0 Å². The minimum Gasteiger partial charge on any atom is -0.389 e. The van der Waals surface area contributed by atoms with E-state index in [0.717, 1.165) is 9.35 Å². The van der Waals surface area contributed by atoms with Crippen LogP contribution in [-0.4, -0.2) is 10.9 Å². The molecule has 0 aliphatic carbocycles. The Balaban J connectivity index is 2.24. The van der Waals surface area contributed by atoms with Crippen LogP contribution in [0.2, 0.25) is 0 Å². The maximum Gasteiger partial charge on any atom is 0.265 e. The molecule has 1 amide bonds. The average molecular weight is 373 g/mol. The summed E-state index contributed by atoms with van der Waals surface area (Å²) in [6.45, 7) is 1.90. The molecule has 7 heteroatoms. The number of aryl methyl sites for hydroxylation is 1. The quantitative estimate of drug-likeness (QED) is 0.804. The molecule has 3 N–H and O–H groups in total. The second kappa shape index (κ2) is 5.99. The zero-order chi connectivity index (χ0) is 14.9. The first-order chi connectivity index (χ1) is 9.38. The van der Waals surface area contributed by atoms with Gasteiger partial charge in [0.15, 0.2) is 0 Å². The summed E-state index contributed by atoms with van der Waals surface area (Å²) in [4.78, 5) is 12.6. The van der Waals surface area contributed by atoms with E-state index in [1.165, 1.54) is 29.5 Å². The summed E-state index contributed by atoms with van der Waals surface area (Å²) in [5.74, 6) is -0.769. The molecule has 0 radical (unpaired) electrons. The minimum absolute atomic E-state index is 0.0479. The lowest BCUT2D eigenvalue weighted by molar-refractivity contribution is 0.103. The van der Waals surface area contributed by atoms with Gasteiger partial charge >= 0.3 is 0 Å². The van der Waals surface area contributed by atoms with E-state index in [-0.39, 0.29) is 16.5 Å². The highest BCUT2D eigenvalue weighted by molar-refractivity contribution is 9.11. The monoisotopic (exact) mass is 372 g/mol. The molecule has 3 nitrogen and oxygen atoms in total. The van der Waals surface area contributed by atoms with Crippen LogP contribution >= 0.6 is 39.5 Å². The van der Waals surface area contributed by atoms with Gasteiger partial charge in [-0.1, -0.05) is 12.2 Å². The van der Waals surface area contributed by atoms with Crippen LogP contribution in [0.3, 0.4) is 0 Å². The molecule has 0 aliphatic rings. The molecule has 1 aromatic carbocycles. The third kappa shape index (κ3) is 3.23. The summed E-state index contributed by atoms with van der Waals surface area (Å²) in [6, 6.07) is 5.89. The second-order valence-corrected chi connectivity index (χ2v) is 6.89. The molecule has 0 saturated carbocycles. The number of nitrogens with one attached hydrogen (secondary N) is 1. The van der Waals surface area contributed by atoms with Gasteiger partial charge in [0.1, 0.15) is 10.8 Å². The lowest BCUT2D eigenvalue weighted by Crippen LogP contribution is -2.14. The molecule has 104 valence electrons. The van der Waals surface area contributed by atoms with E-state index in [2.05, 4.69) is 21.2 Å². The summed E-state index contributed by atoms with van der Waals surface area (Å²) in [5, 5.41) is 2.69. The van der Waals surface area contributed by atoms with Crippen molar-refractivity contribution < 1.29 is 9.18 Å². The van der Waals surface area contributed by atoms with E-state index in [0.29, 0.717) is 10.6 Å². The van der Waals surface area contributed by atoms with Gasteiger partial charge in [-0.25, -0.2) is 4.39 Å². The number of anilines is 1. The summed E-state index contributed by atoms with van der Waals surface area (Å²) < 4.78 is 14.4. The van der Waals surface area contributed by atoms with E-state index < -0.39 is 5.82 Å². The Hall–Kier alpha value is -1.31. The van der Waals surface area contributed by atoms with Gasteiger partial charge in [-0.2, -0.15) is 0 Å². The van der Waals surface area contributed by atoms with Crippen LogP contribution in [0.15, 0.2) is 28.1 Å². The Kier molecular flexibility index (Phi) is 4.52. The highest BCUT2D eigenvalue weighted by Gasteiger charge is 2.13. The molecule has 20 heavy (non-hydrogen) atoms. The summed E-state index contributed by atoms with van der Waals surface area (Å²) in [5.41, 5.74) is 6.97. The van der Waals surface area contributed by atoms with Crippen LogP contribution in [0.4, 0.5) is 10.1 Å². The van der Waals surface area contributed by atoms with Crippen molar-refractivity contribution in [2.45, 2.75) is 6.92 Å². The van der Waals surface area contributed by atoms with Crippen molar-refractivity contribution in [3.05, 3.63) is 49.9 Å². The number of carbonyl (C=O) groups excluding carboxylic acids is 1. The van der Waals surface area contributed by atoms with Gasteiger partial charge in [0, 0.05) is 11.3 Å². The van der Waals surface area contributed by atoms with Crippen molar-refractivity contribution in [1.82, 2.24) is 0 Å². The van der Waals surface area contributed by atoms with Crippen LogP contribution in [0.1, 0.15) is 20.8 Å². The number of benzene rings is 1. The number of hydrogen-bond acceptors (Lipinski definition) is 3. The van der Waals surface area contributed by atoms with E-state index in [4.69, 9.17) is 18.0 Å². The number of carbonyl (C=O) groups is 1. The molecule has 0 spiro atoms. The fraction of sp³-hybridized carbons (Fsp3) is 0.0769. The largest absolute Gasteiger partial charge is 0.389 e. The lowest BCUT2D eigenvalue weighted by Gasteiger charge is -2.06. The van der Waals surface area contributed by atoms with Crippen molar-refractivity contribution in [1.29, 1.82) is 0 Å². The molecule has 2 rings (SSSR count). The molecule has 0 saturated heterocycles. The fourth-order valence-electron chi connectivity index (χ4n) is 1.56. The van der Waals surface area contributed by atoms with Gasteiger partial charge in [-0.15, -0.1) is 11.3 Å². The fourth-order valence-corrected chi connectivity index (χ4v) is 3.14. The molecule has 0 aliphatic heterocycles. The number of thiophene rings is 1. The Bertz CT molecular complexity index is 680. The van der Waals surface area contributed by atoms with Crippen molar-refractivity contribution >= 4 is 56.1 Å². The summed E-state index contributed by atoms with van der Waals surface area (Å²) >= 11 is 9.46. The van der Waals surface area contributed by atoms with Crippen molar-refractivity contribution in [2.24, 2.45) is 5.73 Å². The number of halogens is 2. The van der Waals surface area contributed by atoms with Crippen molar-refractivity contribution in [2.75, 3.05) is 5.32 Å². The highest BCUT2D eigenvalue weighted by atomic mass is 79.9. The molecule has 2 aromatic rings. The molecule has 0 fully saturated rings. The van der Waals surface area contributed by atoms with Crippen LogP contribution in [0, 0.1) is 12.7 Å². The molecule has 0 unspecified atom stereocenters. The Labute approximate surface area is 133 Å². The van der Waals surface area contributed by atoms with Crippen LogP contribution in [-0.2, 0) is 0 Å². The van der Waals surface area contributed by atoms with Gasteiger partial charge in [0.25, 0.3) is 5.91 Å². The summed E-state index contributed by atoms with van der Waals surface area (Å²) in [7, 11) is 0. The maximum atomic E-state index is 13.5. The standard InChI is InChI=1S/C13H10BrFN2OS2/c1-6-4-10(20-11(6)14)13(18)17-7-2-3-9(15)8(5-7)12(16)19/h2-5H,1H3,(H2,16,19)(H,17,18). The van der Waals surface area contributed by atoms with E-state index in [1.807, 2.05) is 6.92 Å². The van der Waals surface area contributed by atoms with Gasteiger partial charge in [-0.05, 0) is 52.7 Å². The maximum absolute atomic E-state index is 13.5. The Morgan fingerprint density at radius 1 is 1.45 bits per heavy atom. The third-order valence-electron chi connectivity index (χ3n) is 2.57. The number of thiocarbonyl (C=S) groups is 1. The van der Waals surface area contributed by atoms with Gasteiger partial charge in [-0.3, -0.25) is 4.79 Å². The van der Waals surface area contributed by atoms with Crippen LogP contribution < -0.4 is 11.1 Å². The minimum atomic E-state index is -0.509. The highest BCUT2D eigenvalue weighted by Crippen LogP contribution is 2.28. The molecular formula is C13H10BrFN2OS2. The zero-order valence-corrected chi connectivity index (χ0v) is 13.6. The number of nitrogens with two attached hydrogens (primary N) is 1. The predicted molar refractivity (Wildman–Crippen MR) is 87.0 cm³/mol. The van der Waals surface area contributed by atoms with Crippen LogP contribution in [0.5, 0.6) is 0 Å². The summed E-state index contributed by atoms with van der Waals surface area (Å²) in [6.07, 6.45) is 0. The van der Waals surface area contributed by atoms with E-state index in [9.17, 15) is 9.18 Å². The number of rotatable bonds is 3. The van der Waals surface area contributed by atoms with Gasteiger partial charge in [0.05, 0.1) is 8.66 Å². The molecule has 0 atom stereocenters. The number of hydrogen-bond donors (Lipinski definition) is 2. The third-order valence-corrected chi connectivity index (χ3v) is 4.93. The molecule has 0 bridgehead atoms. The lowest BCUT2D eigenvalue weighted by atomic mass is 10.2. The normalized spacial score (nSPS) is 10.3. The second-order valence-electron chi connectivity index (χ2n) is 4.08. The van der Waals surface area contributed by atoms with Gasteiger partial charge in [0.2, 0.25) is 0 Å². The van der Waals surface area contributed by atoms with Crippen molar-refractivity contribution in [3.63, 3.8) is 0 Å². The van der Waals surface area contributed by atoms with Crippen LogP contribution in [0.25, 0.3) is 0 Å². The SMILES string of the molecule is Cc1cc(C(=O)Nc2ccc(F)c(C(N)=S)c2)sc1Br.